The van der Waals surface area contributed by atoms with E-state index < -0.39 is 0 Å². The van der Waals surface area contributed by atoms with Gasteiger partial charge in [-0.2, -0.15) is 0 Å². The summed E-state index contributed by atoms with van der Waals surface area (Å²) in [6.07, 6.45) is 11.8. The first-order valence-corrected chi connectivity index (χ1v) is 9.10. The Kier molecular flexibility index (Phi) is 4.38. The summed E-state index contributed by atoms with van der Waals surface area (Å²) in [4.78, 5) is 25.2. The van der Waals surface area contributed by atoms with Crippen LogP contribution in [0.25, 0.3) is 0 Å². The molecule has 0 aliphatic carbocycles. The fraction of sp³-hybridized carbons (Fsp3) is 0.450. The maximum Gasteiger partial charge on any atom is 0.253 e. The Labute approximate surface area is 148 Å². The zero-order chi connectivity index (χ0) is 17.1. The van der Waals surface area contributed by atoms with E-state index in [1.165, 1.54) is 18.5 Å². The Bertz CT molecular complexity index is 701. The van der Waals surface area contributed by atoms with E-state index in [9.17, 15) is 4.79 Å². The maximum absolute atomic E-state index is 12.6. The second-order valence-corrected chi connectivity index (χ2v) is 7.22. The molecular formula is C20H24N4O. The number of nitrogens with zero attached hydrogens (tertiary/aromatic N) is 4. The van der Waals surface area contributed by atoms with Crippen LogP contribution in [0, 0.1) is 5.41 Å². The van der Waals surface area contributed by atoms with Crippen molar-refractivity contribution < 1.29 is 4.79 Å². The number of rotatable bonds is 2. The Hall–Kier alpha value is -2.43. The SMILES string of the molecule is O=C(c1ccncc1)N1CCC2(CC1)CCN(c1ccncc1)CC2. The van der Waals surface area contributed by atoms with Crippen molar-refractivity contribution >= 4 is 11.6 Å². The topological polar surface area (TPSA) is 49.3 Å². The van der Waals surface area contributed by atoms with Crippen LogP contribution in [0.5, 0.6) is 0 Å². The molecule has 0 saturated carbocycles. The summed E-state index contributed by atoms with van der Waals surface area (Å²) in [5, 5.41) is 0. The van der Waals surface area contributed by atoms with Crippen LogP contribution in [-0.4, -0.2) is 47.0 Å². The molecule has 25 heavy (non-hydrogen) atoms. The molecule has 0 unspecified atom stereocenters. The Morgan fingerprint density at radius 2 is 1.32 bits per heavy atom. The molecule has 0 atom stereocenters. The number of piperidine rings is 2. The average Bonchev–Trinajstić information content (AvgIpc) is 2.70. The molecular weight excluding hydrogens is 312 g/mol. The van der Waals surface area contributed by atoms with Gasteiger partial charge in [0.15, 0.2) is 0 Å². The molecule has 130 valence electrons. The van der Waals surface area contributed by atoms with Crippen LogP contribution >= 0.6 is 0 Å². The van der Waals surface area contributed by atoms with Crippen molar-refractivity contribution in [1.29, 1.82) is 0 Å². The van der Waals surface area contributed by atoms with Crippen molar-refractivity contribution in [3.8, 4) is 0 Å². The van der Waals surface area contributed by atoms with E-state index in [1.54, 1.807) is 24.5 Å². The highest BCUT2D eigenvalue weighted by atomic mass is 16.2. The summed E-state index contributed by atoms with van der Waals surface area (Å²) in [6.45, 7) is 3.94. The summed E-state index contributed by atoms with van der Waals surface area (Å²) < 4.78 is 0. The first kappa shape index (κ1) is 16.1. The van der Waals surface area contributed by atoms with Gasteiger partial charge in [-0.15, -0.1) is 0 Å². The number of carbonyl (C=O) groups excluding carboxylic acids is 1. The van der Waals surface area contributed by atoms with E-state index in [-0.39, 0.29) is 5.91 Å². The fourth-order valence-electron chi connectivity index (χ4n) is 4.16. The van der Waals surface area contributed by atoms with Gasteiger partial charge in [0.25, 0.3) is 5.91 Å². The summed E-state index contributed by atoms with van der Waals surface area (Å²) in [5.74, 6) is 0.145. The van der Waals surface area contributed by atoms with Crippen LogP contribution < -0.4 is 4.90 Å². The van der Waals surface area contributed by atoms with Crippen molar-refractivity contribution in [2.45, 2.75) is 25.7 Å². The quantitative estimate of drug-likeness (QED) is 0.846. The summed E-state index contributed by atoms with van der Waals surface area (Å²) in [7, 11) is 0. The molecule has 0 radical (unpaired) electrons. The minimum atomic E-state index is 0.145. The summed E-state index contributed by atoms with van der Waals surface area (Å²) in [6, 6.07) is 7.79. The molecule has 0 aromatic carbocycles. The lowest BCUT2D eigenvalue weighted by Crippen LogP contribution is -2.48. The Morgan fingerprint density at radius 1 is 0.800 bits per heavy atom. The second-order valence-electron chi connectivity index (χ2n) is 7.22. The van der Waals surface area contributed by atoms with Crippen LogP contribution in [-0.2, 0) is 0 Å². The smallest absolute Gasteiger partial charge is 0.253 e. The largest absolute Gasteiger partial charge is 0.371 e. The number of hydrogen-bond acceptors (Lipinski definition) is 4. The van der Waals surface area contributed by atoms with E-state index in [1.807, 2.05) is 17.3 Å². The first-order valence-electron chi connectivity index (χ1n) is 9.10. The minimum Gasteiger partial charge on any atom is -0.371 e. The van der Waals surface area contributed by atoms with Gasteiger partial charge in [0.05, 0.1) is 0 Å². The van der Waals surface area contributed by atoms with Crippen molar-refractivity contribution in [3.05, 3.63) is 54.6 Å². The fourth-order valence-corrected chi connectivity index (χ4v) is 4.16. The zero-order valence-electron chi connectivity index (χ0n) is 14.5. The van der Waals surface area contributed by atoms with Crippen LogP contribution in [0.15, 0.2) is 49.1 Å². The zero-order valence-corrected chi connectivity index (χ0v) is 14.5. The third-order valence-corrected chi connectivity index (χ3v) is 5.89. The van der Waals surface area contributed by atoms with Crippen LogP contribution in [0.4, 0.5) is 5.69 Å². The number of anilines is 1. The molecule has 2 fully saturated rings. The number of pyridine rings is 2. The van der Waals surface area contributed by atoms with Crippen LogP contribution in [0.1, 0.15) is 36.0 Å². The lowest BCUT2D eigenvalue weighted by atomic mass is 9.71. The van der Waals surface area contributed by atoms with Gasteiger partial charge in [-0.05, 0) is 55.4 Å². The lowest BCUT2D eigenvalue weighted by molar-refractivity contribution is 0.0515. The van der Waals surface area contributed by atoms with Gasteiger partial charge >= 0.3 is 0 Å². The normalized spacial score (nSPS) is 19.8. The molecule has 2 aliphatic rings. The van der Waals surface area contributed by atoms with Gasteiger partial charge in [0, 0.05) is 62.2 Å². The van der Waals surface area contributed by atoms with Gasteiger partial charge in [-0.25, -0.2) is 0 Å². The Morgan fingerprint density at radius 3 is 1.92 bits per heavy atom. The molecule has 2 aromatic rings. The monoisotopic (exact) mass is 336 g/mol. The average molecular weight is 336 g/mol. The van der Waals surface area contributed by atoms with E-state index in [0.717, 1.165) is 44.6 Å². The minimum absolute atomic E-state index is 0.145. The molecule has 2 aliphatic heterocycles. The van der Waals surface area contributed by atoms with Gasteiger partial charge in [0.2, 0.25) is 0 Å². The van der Waals surface area contributed by atoms with Crippen molar-refractivity contribution in [2.24, 2.45) is 5.41 Å². The first-order chi connectivity index (χ1) is 12.3. The predicted octanol–water partition coefficient (Wildman–Crippen LogP) is 3.00. The van der Waals surface area contributed by atoms with Crippen LogP contribution in [0.3, 0.4) is 0 Å². The molecule has 4 heterocycles. The molecule has 1 amide bonds. The van der Waals surface area contributed by atoms with E-state index in [2.05, 4.69) is 27.0 Å². The Balaban J connectivity index is 1.34. The highest BCUT2D eigenvalue weighted by Gasteiger charge is 2.38. The van der Waals surface area contributed by atoms with Crippen molar-refractivity contribution in [2.75, 3.05) is 31.1 Å². The molecule has 5 nitrogen and oxygen atoms in total. The van der Waals surface area contributed by atoms with Gasteiger partial charge < -0.3 is 9.80 Å². The van der Waals surface area contributed by atoms with Crippen LogP contribution in [0.2, 0.25) is 0 Å². The molecule has 5 heteroatoms. The molecule has 2 saturated heterocycles. The highest BCUT2D eigenvalue weighted by molar-refractivity contribution is 5.94. The number of likely N-dealkylation sites (tertiary alicyclic amines) is 1. The standard InChI is InChI=1S/C20H24N4O/c25-19(17-1-9-21-10-2-17)24-15-7-20(8-16-24)5-13-23(14-6-20)18-3-11-22-12-4-18/h1-4,9-12H,5-8,13-16H2. The second kappa shape index (κ2) is 6.82. The number of aromatic nitrogens is 2. The lowest BCUT2D eigenvalue weighted by Gasteiger charge is -2.47. The third kappa shape index (κ3) is 3.36. The maximum atomic E-state index is 12.6. The number of amides is 1. The van der Waals surface area contributed by atoms with Crippen molar-refractivity contribution in [3.63, 3.8) is 0 Å². The molecule has 1 spiro atoms. The summed E-state index contributed by atoms with van der Waals surface area (Å²) in [5.41, 5.74) is 2.44. The molecule has 0 bridgehead atoms. The third-order valence-electron chi connectivity index (χ3n) is 5.89. The van der Waals surface area contributed by atoms with E-state index >= 15 is 0 Å². The van der Waals surface area contributed by atoms with E-state index in [4.69, 9.17) is 0 Å². The van der Waals surface area contributed by atoms with Gasteiger partial charge in [-0.3, -0.25) is 14.8 Å². The predicted molar refractivity (Wildman–Crippen MR) is 97.5 cm³/mol. The van der Waals surface area contributed by atoms with E-state index in [0.29, 0.717) is 5.41 Å². The molecule has 2 aromatic heterocycles. The highest BCUT2D eigenvalue weighted by Crippen LogP contribution is 2.42. The molecule has 0 N–H and O–H groups in total. The summed E-state index contributed by atoms with van der Waals surface area (Å²) >= 11 is 0. The number of carbonyl (C=O) groups is 1. The number of hydrogen-bond donors (Lipinski definition) is 0. The van der Waals surface area contributed by atoms with Crippen molar-refractivity contribution in [1.82, 2.24) is 14.9 Å². The van der Waals surface area contributed by atoms with Gasteiger partial charge in [0.1, 0.15) is 0 Å². The van der Waals surface area contributed by atoms with Gasteiger partial charge in [-0.1, -0.05) is 0 Å². The molecule has 4 rings (SSSR count).